The minimum absolute atomic E-state index is 0.0773. The Morgan fingerprint density at radius 1 is 1.50 bits per heavy atom. The summed E-state index contributed by atoms with van der Waals surface area (Å²) in [6.07, 6.45) is 3.60. The topological polar surface area (TPSA) is 32.3 Å². The van der Waals surface area contributed by atoms with Gasteiger partial charge in [-0.2, -0.15) is 0 Å². The van der Waals surface area contributed by atoms with Crippen LogP contribution in [0.3, 0.4) is 0 Å². The van der Waals surface area contributed by atoms with E-state index < -0.39 is 0 Å². The molecule has 0 unspecified atom stereocenters. The number of unbranched alkanes of at least 4 members (excludes halogenated alkanes) is 1. The van der Waals surface area contributed by atoms with E-state index in [9.17, 15) is 5.11 Å². The van der Waals surface area contributed by atoms with Gasteiger partial charge >= 0.3 is 0 Å². The van der Waals surface area contributed by atoms with Crippen molar-refractivity contribution in [2.75, 3.05) is 13.1 Å². The van der Waals surface area contributed by atoms with Crippen molar-refractivity contribution in [2.24, 2.45) is 5.92 Å². The van der Waals surface area contributed by atoms with Crippen LogP contribution in [0.5, 0.6) is 0 Å². The maximum absolute atomic E-state index is 9.35. The Kier molecular flexibility index (Phi) is 3.16. The van der Waals surface area contributed by atoms with Crippen LogP contribution in [-0.2, 0) is 0 Å². The summed E-state index contributed by atoms with van der Waals surface area (Å²) in [6.45, 7) is 4.00. The zero-order chi connectivity index (χ0) is 7.40. The van der Waals surface area contributed by atoms with Crippen LogP contribution >= 0.6 is 0 Å². The molecule has 0 aromatic rings. The number of hydrogen-bond donors (Lipinski definition) is 2. The molecule has 0 aliphatic carbocycles. The van der Waals surface area contributed by atoms with Crippen LogP contribution < -0.4 is 5.32 Å². The number of β-amino-alcohol motifs (C(OH)–C–C–N with tert-alkyl or cyclic N) is 1. The highest BCUT2D eigenvalue weighted by Crippen LogP contribution is 2.15. The second-order valence-electron chi connectivity index (χ2n) is 3.13. The van der Waals surface area contributed by atoms with Crippen LogP contribution in [-0.4, -0.2) is 24.3 Å². The summed E-state index contributed by atoms with van der Waals surface area (Å²) in [5.74, 6) is 0.528. The smallest absolute Gasteiger partial charge is 0.0704 e. The third-order valence-electron chi connectivity index (χ3n) is 2.23. The molecule has 0 aromatic heterocycles. The first-order chi connectivity index (χ1) is 4.84. The van der Waals surface area contributed by atoms with E-state index in [4.69, 9.17) is 0 Å². The molecule has 10 heavy (non-hydrogen) atoms. The van der Waals surface area contributed by atoms with E-state index in [2.05, 4.69) is 12.2 Å². The van der Waals surface area contributed by atoms with Crippen LogP contribution in [0.2, 0.25) is 0 Å². The largest absolute Gasteiger partial charge is 0.391 e. The van der Waals surface area contributed by atoms with E-state index in [0.717, 1.165) is 13.1 Å². The molecule has 0 radical (unpaired) electrons. The van der Waals surface area contributed by atoms with Crippen LogP contribution in [0.15, 0.2) is 0 Å². The highest BCUT2D eigenvalue weighted by atomic mass is 16.3. The fourth-order valence-electron chi connectivity index (χ4n) is 1.48. The van der Waals surface area contributed by atoms with Crippen molar-refractivity contribution >= 4 is 0 Å². The normalized spacial score (nSPS) is 33.0. The Morgan fingerprint density at radius 2 is 2.30 bits per heavy atom. The van der Waals surface area contributed by atoms with E-state index in [0.29, 0.717) is 5.92 Å². The zero-order valence-electron chi connectivity index (χ0n) is 6.64. The monoisotopic (exact) mass is 143 g/mol. The summed E-state index contributed by atoms with van der Waals surface area (Å²) < 4.78 is 0. The van der Waals surface area contributed by atoms with Crippen molar-refractivity contribution in [3.05, 3.63) is 0 Å². The first-order valence-electron chi connectivity index (χ1n) is 4.23. The fourth-order valence-corrected chi connectivity index (χ4v) is 1.48. The van der Waals surface area contributed by atoms with Gasteiger partial charge in [0.1, 0.15) is 0 Å². The molecular weight excluding hydrogens is 126 g/mol. The van der Waals surface area contributed by atoms with Gasteiger partial charge in [-0.1, -0.05) is 19.8 Å². The summed E-state index contributed by atoms with van der Waals surface area (Å²) in [6, 6.07) is 0. The van der Waals surface area contributed by atoms with E-state index in [1.807, 2.05) is 0 Å². The summed E-state index contributed by atoms with van der Waals surface area (Å²) in [5.41, 5.74) is 0. The molecule has 2 atom stereocenters. The fraction of sp³-hybridized carbons (Fsp3) is 1.00. The predicted octanol–water partition coefficient (Wildman–Crippen LogP) is 0.757. The highest BCUT2D eigenvalue weighted by molar-refractivity contribution is 4.79. The second kappa shape index (κ2) is 3.94. The summed E-state index contributed by atoms with van der Waals surface area (Å²) >= 11 is 0. The molecule has 1 fully saturated rings. The third kappa shape index (κ3) is 1.96. The lowest BCUT2D eigenvalue weighted by atomic mass is 9.99. The van der Waals surface area contributed by atoms with Gasteiger partial charge in [-0.25, -0.2) is 0 Å². The predicted molar refractivity (Wildman–Crippen MR) is 41.9 cm³/mol. The van der Waals surface area contributed by atoms with Gasteiger partial charge in [-0.3, -0.25) is 0 Å². The lowest BCUT2D eigenvalue weighted by Crippen LogP contribution is -2.17. The van der Waals surface area contributed by atoms with Gasteiger partial charge in [-0.15, -0.1) is 0 Å². The molecule has 0 amide bonds. The van der Waals surface area contributed by atoms with Crippen LogP contribution in [0.1, 0.15) is 26.2 Å². The third-order valence-corrected chi connectivity index (χ3v) is 2.23. The number of rotatable bonds is 3. The average molecular weight is 143 g/mol. The highest BCUT2D eigenvalue weighted by Gasteiger charge is 2.23. The lowest BCUT2D eigenvalue weighted by Gasteiger charge is -2.11. The molecule has 0 bridgehead atoms. The molecule has 60 valence electrons. The standard InChI is InChI=1S/C8H17NO/c1-2-3-4-7-5-9-6-8(7)10/h7-10H,2-6H2,1H3/t7-,8-/m1/s1. The van der Waals surface area contributed by atoms with Crippen molar-refractivity contribution in [1.29, 1.82) is 0 Å². The maximum Gasteiger partial charge on any atom is 0.0704 e. The van der Waals surface area contributed by atoms with Gasteiger partial charge in [0.25, 0.3) is 0 Å². The van der Waals surface area contributed by atoms with Crippen LogP contribution in [0, 0.1) is 5.92 Å². The number of aliphatic hydroxyl groups excluding tert-OH is 1. The number of hydrogen-bond acceptors (Lipinski definition) is 2. The molecule has 1 aliphatic rings. The number of aliphatic hydroxyl groups is 1. The Morgan fingerprint density at radius 3 is 2.80 bits per heavy atom. The lowest BCUT2D eigenvalue weighted by molar-refractivity contribution is 0.141. The number of nitrogens with one attached hydrogen (secondary N) is 1. The molecule has 1 heterocycles. The second-order valence-corrected chi connectivity index (χ2v) is 3.13. The summed E-state index contributed by atoms with van der Waals surface area (Å²) in [7, 11) is 0. The Bertz CT molecular complexity index is 95.3. The molecular formula is C8H17NO. The van der Waals surface area contributed by atoms with Gasteiger partial charge in [-0.05, 0) is 12.3 Å². The Balaban J connectivity index is 2.14. The van der Waals surface area contributed by atoms with Gasteiger partial charge in [0.05, 0.1) is 6.10 Å². The van der Waals surface area contributed by atoms with Crippen molar-refractivity contribution in [1.82, 2.24) is 5.32 Å². The molecule has 2 heteroatoms. The maximum atomic E-state index is 9.35. The van der Waals surface area contributed by atoms with Crippen molar-refractivity contribution in [2.45, 2.75) is 32.3 Å². The molecule has 1 aliphatic heterocycles. The molecule has 0 aromatic carbocycles. The van der Waals surface area contributed by atoms with Crippen LogP contribution in [0.25, 0.3) is 0 Å². The van der Waals surface area contributed by atoms with Gasteiger partial charge in [0, 0.05) is 13.1 Å². The van der Waals surface area contributed by atoms with E-state index >= 15 is 0 Å². The molecule has 1 rings (SSSR count). The minimum Gasteiger partial charge on any atom is -0.391 e. The first kappa shape index (κ1) is 8.02. The summed E-state index contributed by atoms with van der Waals surface area (Å²) in [5, 5.41) is 12.5. The molecule has 0 saturated carbocycles. The molecule has 2 nitrogen and oxygen atoms in total. The van der Waals surface area contributed by atoms with E-state index in [1.165, 1.54) is 19.3 Å². The minimum atomic E-state index is -0.0773. The van der Waals surface area contributed by atoms with Crippen molar-refractivity contribution in [3.8, 4) is 0 Å². The van der Waals surface area contributed by atoms with E-state index in [-0.39, 0.29) is 6.10 Å². The van der Waals surface area contributed by atoms with Gasteiger partial charge in [0.2, 0.25) is 0 Å². The first-order valence-corrected chi connectivity index (χ1v) is 4.23. The molecule has 0 spiro atoms. The molecule has 2 N–H and O–H groups in total. The van der Waals surface area contributed by atoms with E-state index in [1.54, 1.807) is 0 Å². The summed E-state index contributed by atoms with van der Waals surface area (Å²) in [4.78, 5) is 0. The van der Waals surface area contributed by atoms with Crippen molar-refractivity contribution in [3.63, 3.8) is 0 Å². The van der Waals surface area contributed by atoms with Gasteiger partial charge < -0.3 is 10.4 Å². The molecule has 1 saturated heterocycles. The quantitative estimate of drug-likeness (QED) is 0.611. The Labute approximate surface area is 62.6 Å². The van der Waals surface area contributed by atoms with Gasteiger partial charge in [0.15, 0.2) is 0 Å². The zero-order valence-corrected chi connectivity index (χ0v) is 6.64. The SMILES string of the molecule is CCCC[C@@H]1CNC[C@H]1O. The average Bonchev–Trinajstić information content (AvgIpc) is 2.31. The van der Waals surface area contributed by atoms with Crippen molar-refractivity contribution < 1.29 is 5.11 Å². The van der Waals surface area contributed by atoms with Crippen LogP contribution in [0.4, 0.5) is 0 Å². The Hall–Kier alpha value is -0.0800.